The molecule has 0 aliphatic carbocycles. The quantitative estimate of drug-likeness (QED) is 0.713. The van der Waals surface area contributed by atoms with Crippen LogP contribution in [-0.2, 0) is 0 Å². The Balaban J connectivity index is 2.53. The molecular formula is C10H8ClNS. The first-order chi connectivity index (χ1) is 6.27. The molecule has 0 spiro atoms. The minimum absolute atomic E-state index is 0.698. The largest absolute Gasteiger partial charge is 0.399 e. The van der Waals surface area contributed by atoms with Crippen LogP contribution in [0.5, 0.6) is 0 Å². The summed E-state index contributed by atoms with van der Waals surface area (Å²) in [7, 11) is 0. The van der Waals surface area contributed by atoms with E-state index in [1.165, 1.54) is 0 Å². The van der Waals surface area contributed by atoms with Crippen molar-refractivity contribution in [3.8, 4) is 11.1 Å². The number of hydrogen-bond acceptors (Lipinski definition) is 2. The topological polar surface area (TPSA) is 26.0 Å². The summed E-state index contributed by atoms with van der Waals surface area (Å²) in [6.07, 6.45) is 0. The van der Waals surface area contributed by atoms with Gasteiger partial charge in [0.15, 0.2) is 0 Å². The van der Waals surface area contributed by atoms with E-state index in [2.05, 4.69) is 5.38 Å². The van der Waals surface area contributed by atoms with E-state index in [9.17, 15) is 0 Å². The number of halogens is 1. The highest BCUT2D eigenvalue weighted by molar-refractivity contribution is 7.08. The van der Waals surface area contributed by atoms with Crippen molar-refractivity contribution >= 4 is 28.6 Å². The Kier molecular flexibility index (Phi) is 2.25. The lowest BCUT2D eigenvalue weighted by Gasteiger charge is -2.01. The van der Waals surface area contributed by atoms with Gasteiger partial charge in [-0.3, -0.25) is 0 Å². The third-order valence-electron chi connectivity index (χ3n) is 1.83. The van der Waals surface area contributed by atoms with Gasteiger partial charge in [0.1, 0.15) is 0 Å². The highest BCUT2D eigenvalue weighted by Crippen LogP contribution is 2.30. The number of nitrogen functional groups attached to an aromatic ring is 1. The zero-order valence-corrected chi connectivity index (χ0v) is 8.40. The molecular weight excluding hydrogens is 202 g/mol. The van der Waals surface area contributed by atoms with Gasteiger partial charge >= 0.3 is 0 Å². The molecule has 0 saturated heterocycles. The van der Waals surface area contributed by atoms with Crippen LogP contribution < -0.4 is 5.73 Å². The Morgan fingerprint density at radius 1 is 1.23 bits per heavy atom. The first kappa shape index (κ1) is 8.60. The molecule has 3 heteroatoms. The molecule has 1 aromatic heterocycles. The van der Waals surface area contributed by atoms with Crippen LogP contribution in [-0.4, -0.2) is 0 Å². The van der Waals surface area contributed by atoms with Crippen molar-refractivity contribution in [2.24, 2.45) is 0 Å². The van der Waals surface area contributed by atoms with Gasteiger partial charge in [0.25, 0.3) is 0 Å². The van der Waals surface area contributed by atoms with Crippen LogP contribution in [0.4, 0.5) is 5.69 Å². The zero-order valence-electron chi connectivity index (χ0n) is 6.83. The second-order valence-corrected chi connectivity index (χ2v) is 3.94. The van der Waals surface area contributed by atoms with Gasteiger partial charge in [0, 0.05) is 11.3 Å². The number of benzene rings is 1. The number of rotatable bonds is 1. The highest BCUT2D eigenvalue weighted by Gasteiger charge is 2.03. The van der Waals surface area contributed by atoms with E-state index in [0.29, 0.717) is 10.7 Å². The SMILES string of the molecule is Nc1ccc(-c2ccsc2)c(Cl)c1. The standard InChI is InChI=1S/C10H8ClNS/c11-10-5-8(12)1-2-9(10)7-3-4-13-6-7/h1-6H,12H2. The van der Waals surface area contributed by atoms with Crippen LogP contribution in [0.1, 0.15) is 0 Å². The van der Waals surface area contributed by atoms with Crippen molar-refractivity contribution in [1.29, 1.82) is 0 Å². The maximum Gasteiger partial charge on any atom is 0.0505 e. The van der Waals surface area contributed by atoms with E-state index >= 15 is 0 Å². The third-order valence-corrected chi connectivity index (χ3v) is 2.82. The Hall–Kier alpha value is -0.990. The molecule has 0 radical (unpaired) electrons. The fraction of sp³-hybridized carbons (Fsp3) is 0. The van der Waals surface area contributed by atoms with E-state index in [0.717, 1.165) is 11.1 Å². The van der Waals surface area contributed by atoms with E-state index in [4.69, 9.17) is 17.3 Å². The van der Waals surface area contributed by atoms with E-state index in [1.54, 1.807) is 17.4 Å². The Bertz CT molecular complexity index is 409. The molecule has 0 atom stereocenters. The smallest absolute Gasteiger partial charge is 0.0505 e. The van der Waals surface area contributed by atoms with E-state index < -0.39 is 0 Å². The Morgan fingerprint density at radius 2 is 2.08 bits per heavy atom. The number of thiophene rings is 1. The van der Waals surface area contributed by atoms with Gasteiger partial charge in [-0.05, 0) is 34.5 Å². The lowest BCUT2D eigenvalue weighted by Crippen LogP contribution is -1.84. The van der Waals surface area contributed by atoms with Crippen LogP contribution >= 0.6 is 22.9 Å². The van der Waals surface area contributed by atoms with Gasteiger partial charge in [-0.2, -0.15) is 11.3 Å². The fourth-order valence-corrected chi connectivity index (χ4v) is 2.14. The molecule has 66 valence electrons. The van der Waals surface area contributed by atoms with Crippen molar-refractivity contribution < 1.29 is 0 Å². The van der Waals surface area contributed by atoms with Crippen molar-refractivity contribution in [2.75, 3.05) is 5.73 Å². The molecule has 2 rings (SSSR count). The average Bonchev–Trinajstić information content (AvgIpc) is 2.56. The van der Waals surface area contributed by atoms with Crippen molar-refractivity contribution in [2.45, 2.75) is 0 Å². The first-order valence-electron chi connectivity index (χ1n) is 3.85. The van der Waals surface area contributed by atoms with Crippen molar-refractivity contribution in [3.63, 3.8) is 0 Å². The van der Waals surface area contributed by atoms with Gasteiger partial charge in [0.2, 0.25) is 0 Å². The summed E-state index contributed by atoms with van der Waals surface area (Å²) in [6, 6.07) is 7.62. The molecule has 2 aromatic rings. The van der Waals surface area contributed by atoms with Crippen LogP contribution in [0.3, 0.4) is 0 Å². The van der Waals surface area contributed by atoms with E-state index in [-0.39, 0.29) is 0 Å². The van der Waals surface area contributed by atoms with Crippen LogP contribution in [0.25, 0.3) is 11.1 Å². The molecule has 2 N–H and O–H groups in total. The molecule has 0 aliphatic rings. The molecule has 0 aliphatic heterocycles. The summed E-state index contributed by atoms with van der Waals surface area (Å²) in [4.78, 5) is 0. The number of anilines is 1. The second-order valence-electron chi connectivity index (χ2n) is 2.75. The second kappa shape index (κ2) is 3.40. The number of nitrogens with two attached hydrogens (primary N) is 1. The zero-order chi connectivity index (χ0) is 9.26. The predicted octanol–water partition coefficient (Wildman–Crippen LogP) is 3.65. The van der Waals surface area contributed by atoms with Gasteiger partial charge in [0.05, 0.1) is 5.02 Å². The molecule has 1 aromatic carbocycles. The van der Waals surface area contributed by atoms with Crippen LogP contribution in [0.15, 0.2) is 35.0 Å². The summed E-state index contributed by atoms with van der Waals surface area (Å²) in [6.45, 7) is 0. The summed E-state index contributed by atoms with van der Waals surface area (Å²) in [5.74, 6) is 0. The summed E-state index contributed by atoms with van der Waals surface area (Å²) < 4.78 is 0. The predicted molar refractivity (Wildman–Crippen MR) is 59.2 cm³/mol. The molecule has 1 heterocycles. The first-order valence-corrected chi connectivity index (χ1v) is 5.17. The molecule has 0 fully saturated rings. The normalized spacial score (nSPS) is 10.2. The van der Waals surface area contributed by atoms with E-state index in [1.807, 2.05) is 23.6 Å². The van der Waals surface area contributed by atoms with Crippen LogP contribution in [0, 0.1) is 0 Å². The Labute approximate surface area is 85.8 Å². The minimum atomic E-state index is 0.698. The lowest BCUT2D eigenvalue weighted by atomic mass is 10.1. The molecule has 0 unspecified atom stereocenters. The van der Waals surface area contributed by atoms with Crippen molar-refractivity contribution in [1.82, 2.24) is 0 Å². The molecule has 1 nitrogen and oxygen atoms in total. The monoisotopic (exact) mass is 209 g/mol. The maximum absolute atomic E-state index is 6.05. The van der Waals surface area contributed by atoms with Gasteiger partial charge in [-0.1, -0.05) is 17.7 Å². The maximum atomic E-state index is 6.05. The fourth-order valence-electron chi connectivity index (χ4n) is 1.18. The van der Waals surface area contributed by atoms with Gasteiger partial charge in [-0.15, -0.1) is 0 Å². The molecule has 13 heavy (non-hydrogen) atoms. The van der Waals surface area contributed by atoms with Gasteiger partial charge < -0.3 is 5.73 Å². The molecule has 0 bridgehead atoms. The average molecular weight is 210 g/mol. The van der Waals surface area contributed by atoms with Crippen LogP contribution in [0.2, 0.25) is 5.02 Å². The summed E-state index contributed by atoms with van der Waals surface area (Å²) >= 11 is 7.70. The Morgan fingerprint density at radius 3 is 2.69 bits per heavy atom. The molecule has 0 saturated carbocycles. The third kappa shape index (κ3) is 1.69. The van der Waals surface area contributed by atoms with Crippen molar-refractivity contribution in [3.05, 3.63) is 40.0 Å². The lowest BCUT2D eigenvalue weighted by molar-refractivity contribution is 1.66. The minimum Gasteiger partial charge on any atom is -0.399 e. The number of hydrogen-bond donors (Lipinski definition) is 1. The summed E-state index contributed by atoms with van der Waals surface area (Å²) in [5.41, 5.74) is 8.48. The molecule has 0 amide bonds. The highest BCUT2D eigenvalue weighted by atomic mass is 35.5. The summed E-state index contributed by atoms with van der Waals surface area (Å²) in [5, 5.41) is 4.80. The van der Waals surface area contributed by atoms with Gasteiger partial charge in [-0.25, -0.2) is 0 Å².